The van der Waals surface area contributed by atoms with Gasteiger partial charge in [0.05, 0.1) is 7.11 Å². The predicted octanol–water partition coefficient (Wildman–Crippen LogP) is 3.43. The fraction of sp³-hybridized carbons (Fsp3) is 0.136. The van der Waals surface area contributed by atoms with Crippen LogP contribution >= 0.6 is 0 Å². The van der Waals surface area contributed by atoms with Crippen molar-refractivity contribution in [2.75, 3.05) is 19.0 Å². The number of aromatic nitrogens is 1. The minimum Gasteiger partial charge on any atom is -0.497 e. The van der Waals surface area contributed by atoms with E-state index >= 15 is 0 Å². The molecule has 0 saturated carbocycles. The molecule has 30 heavy (non-hydrogen) atoms. The van der Waals surface area contributed by atoms with E-state index in [0.717, 1.165) is 0 Å². The van der Waals surface area contributed by atoms with Crippen LogP contribution < -0.4 is 20.1 Å². The smallest absolute Gasteiger partial charge is 0.273 e. The fourth-order valence-electron chi connectivity index (χ4n) is 2.48. The van der Waals surface area contributed by atoms with Gasteiger partial charge in [0.1, 0.15) is 18.1 Å². The Labute approximate surface area is 173 Å². The maximum absolute atomic E-state index is 12.3. The molecule has 0 fully saturated rings. The number of carbonyl (C=O) groups is 2. The molecule has 2 amide bonds. The third-order valence-electron chi connectivity index (χ3n) is 4.04. The van der Waals surface area contributed by atoms with E-state index < -0.39 is 0 Å². The van der Waals surface area contributed by atoms with Crippen molar-refractivity contribution >= 4 is 17.5 Å². The number of amides is 2. The standard InChI is InChI=1S/C22H21N3O5/c1-3-12-23-22(27)20-13-19(30-25-20)14-29-18-10-6-16(7-11-18)24-21(26)15-4-8-17(28-2)9-5-15/h3-11,13H,1,12,14H2,2H3,(H,23,27)(H,24,26). The van der Waals surface area contributed by atoms with Crippen LogP contribution in [0.3, 0.4) is 0 Å². The van der Waals surface area contributed by atoms with E-state index in [-0.39, 0.29) is 24.1 Å². The van der Waals surface area contributed by atoms with E-state index in [2.05, 4.69) is 22.4 Å². The third kappa shape index (κ3) is 5.48. The highest BCUT2D eigenvalue weighted by atomic mass is 16.5. The molecule has 2 aromatic carbocycles. The molecular formula is C22H21N3O5. The number of hydrogen-bond acceptors (Lipinski definition) is 6. The van der Waals surface area contributed by atoms with Crippen LogP contribution in [0.2, 0.25) is 0 Å². The predicted molar refractivity (Wildman–Crippen MR) is 111 cm³/mol. The normalized spacial score (nSPS) is 10.2. The number of hydrogen-bond donors (Lipinski definition) is 2. The quantitative estimate of drug-likeness (QED) is 0.527. The van der Waals surface area contributed by atoms with Gasteiger partial charge in [0.15, 0.2) is 11.5 Å². The van der Waals surface area contributed by atoms with Crippen LogP contribution in [0, 0.1) is 0 Å². The highest BCUT2D eigenvalue weighted by Gasteiger charge is 2.12. The van der Waals surface area contributed by atoms with Crippen molar-refractivity contribution in [3.63, 3.8) is 0 Å². The molecule has 0 bridgehead atoms. The summed E-state index contributed by atoms with van der Waals surface area (Å²) < 4.78 is 15.8. The van der Waals surface area contributed by atoms with Crippen molar-refractivity contribution in [3.8, 4) is 11.5 Å². The monoisotopic (exact) mass is 407 g/mol. The highest BCUT2D eigenvalue weighted by molar-refractivity contribution is 6.04. The van der Waals surface area contributed by atoms with Crippen molar-refractivity contribution in [1.29, 1.82) is 0 Å². The topological polar surface area (TPSA) is 103 Å². The van der Waals surface area contributed by atoms with E-state index in [0.29, 0.717) is 35.1 Å². The van der Waals surface area contributed by atoms with Gasteiger partial charge in [-0.1, -0.05) is 11.2 Å². The first-order chi connectivity index (χ1) is 14.6. The number of anilines is 1. The van der Waals surface area contributed by atoms with Gasteiger partial charge in [-0.3, -0.25) is 9.59 Å². The van der Waals surface area contributed by atoms with Crippen molar-refractivity contribution in [3.05, 3.63) is 84.3 Å². The SMILES string of the molecule is C=CCNC(=O)c1cc(COc2ccc(NC(=O)c3ccc(OC)cc3)cc2)on1. The van der Waals surface area contributed by atoms with Gasteiger partial charge >= 0.3 is 0 Å². The van der Waals surface area contributed by atoms with Crippen LogP contribution in [-0.4, -0.2) is 30.6 Å². The molecule has 1 heterocycles. The minimum absolute atomic E-state index is 0.110. The van der Waals surface area contributed by atoms with Crippen molar-refractivity contribution in [2.24, 2.45) is 0 Å². The van der Waals surface area contributed by atoms with Crippen molar-refractivity contribution < 1.29 is 23.6 Å². The molecule has 2 N–H and O–H groups in total. The summed E-state index contributed by atoms with van der Waals surface area (Å²) >= 11 is 0. The fourth-order valence-corrected chi connectivity index (χ4v) is 2.48. The summed E-state index contributed by atoms with van der Waals surface area (Å²) in [6, 6.07) is 15.2. The number of nitrogens with zero attached hydrogens (tertiary/aromatic N) is 1. The molecule has 8 heteroatoms. The summed E-state index contributed by atoms with van der Waals surface area (Å²) in [7, 11) is 1.57. The molecule has 0 aliphatic heterocycles. The van der Waals surface area contributed by atoms with Gasteiger partial charge in [0.25, 0.3) is 11.8 Å². The van der Waals surface area contributed by atoms with Crippen LogP contribution in [0.15, 0.2) is 71.8 Å². The average molecular weight is 407 g/mol. The summed E-state index contributed by atoms with van der Waals surface area (Å²) in [5.41, 5.74) is 1.32. The summed E-state index contributed by atoms with van der Waals surface area (Å²) in [5.74, 6) is 1.10. The second-order valence-electron chi connectivity index (χ2n) is 6.17. The maximum atomic E-state index is 12.3. The Balaban J connectivity index is 1.52. The largest absolute Gasteiger partial charge is 0.497 e. The van der Waals surface area contributed by atoms with Gasteiger partial charge in [-0.15, -0.1) is 6.58 Å². The molecule has 0 atom stereocenters. The zero-order valence-corrected chi connectivity index (χ0v) is 16.4. The lowest BCUT2D eigenvalue weighted by Crippen LogP contribution is -2.23. The lowest BCUT2D eigenvalue weighted by molar-refractivity contribution is 0.0947. The zero-order valence-electron chi connectivity index (χ0n) is 16.4. The van der Waals surface area contributed by atoms with Crippen LogP contribution in [0.25, 0.3) is 0 Å². The molecule has 3 aromatic rings. The molecule has 0 radical (unpaired) electrons. The Morgan fingerprint density at radius 2 is 1.77 bits per heavy atom. The van der Waals surface area contributed by atoms with E-state index in [1.54, 1.807) is 61.7 Å². The van der Waals surface area contributed by atoms with Crippen LogP contribution in [-0.2, 0) is 6.61 Å². The Kier molecular flexibility index (Phi) is 6.83. The molecule has 0 unspecified atom stereocenters. The van der Waals surface area contributed by atoms with Crippen LogP contribution in [0.5, 0.6) is 11.5 Å². The summed E-state index contributed by atoms with van der Waals surface area (Å²) in [5, 5.41) is 9.14. The van der Waals surface area contributed by atoms with Gasteiger partial charge in [-0.25, -0.2) is 0 Å². The number of carbonyl (C=O) groups excluding carboxylic acids is 2. The van der Waals surface area contributed by atoms with Gasteiger partial charge in [0, 0.05) is 23.9 Å². The molecule has 154 valence electrons. The van der Waals surface area contributed by atoms with Crippen LogP contribution in [0.4, 0.5) is 5.69 Å². The number of benzene rings is 2. The van der Waals surface area contributed by atoms with E-state index in [1.165, 1.54) is 6.07 Å². The lowest BCUT2D eigenvalue weighted by atomic mass is 10.2. The van der Waals surface area contributed by atoms with Gasteiger partial charge in [0.2, 0.25) is 0 Å². The number of ether oxygens (including phenoxy) is 2. The number of rotatable bonds is 9. The van der Waals surface area contributed by atoms with Crippen LogP contribution in [0.1, 0.15) is 26.6 Å². The Morgan fingerprint density at radius 3 is 2.43 bits per heavy atom. The molecule has 0 aliphatic carbocycles. The number of methoxy groups -OCH3 is 1. The Bertz CT molecular complexity index is 1010. The zero-order chi connectivity index (χ0) is 21.3. The first-order valence-corrected chi connectivity index (χ1v) is 9.12. The first kappa shape index (κ1) is 20.7. The highest BCUT2D eigenvalue weighted by Crippen LogP contribution is 2.19. The third-order valence-corrected chi connectivity index (χ3v) is 4.04. The Hall–Kier alpha value is -4.07. The second kappa shape index (κ2) is 9.92. The maximum Gasteiger partial charge on any atom is 0.273 e. The molecule has 0 spiro atoms. The number of nitrogens with one attached hydrogen (secondary N) is 2. The molecule has 8 nitrogen and oxygen atoms in total. The molecule has 0 aliphatic rings. The van der Waals surface area contributed by atoms with Gasteiger partial charge in [-0.05, 0) is 48.5 Å². The van der Waals surface area contributed by atoms with E-state index in [1.807, 2.05) is 0 Å². The second-order valence-corrected chi connectivity index (χ2v) is 6.17. The summed E-state index contributed by atoms with van der Waals surface area (Å²) in [6.07, 6.45) is 1.57. The van der Waals surface area contributed by atoms with Gasteiger partial charge < -0.3 is 24.6 Å². The Morgan fingerprint density at radius 1 is 1.07 bits per heavy atom. The van der Waals surface area contributed by atoms with Crippen molar-refractivity contribution in [2.45, 2.75) is 6.61 Å². The van der Waals surface area contributed by atoms with E-state index in [4.69, 9.17) is 14.0 Å². The van der Waals surface area contributed by atoms with Crippen molar-refractivity contribution in [1.82, 2.24) is 10.5 Å². The molecule has 1 aromatic heterocycles. The summed E-state index contributed by atoms with van der Waals surface area (Å²) in [4.78, 5) is 24.1. The molecular weight excluding hydrogens is 386 g/mol. The molecule has 0 saturated heterocycles. The first-order valence-electron chi connectivity index (χ1n) is 9.12. The molecule has 3 rings (SSSR count). The summed E-state index contributed by atoms with van der Waals surface area (Å²) in [6.45, 7) is 3.99. The lowest BCUT2D eigenvalue weighted by Gasteiger charge is -2.08. The minimum atomic E-state index is -0.346. The van der Waals surface area contributed by atoms with Gasteiger partial charge in [-0.2, -0.15) is 0 Å². The van der Waals surface area contributed by atoms with E-state index in [9.17, 15) is 9.59 Å². The average Bonchev–Trinajstić information content (AvgIpc) is 3.26.